The van der Waals surface area contributed by atoms with E-state index in [0.717, 1.165) is 0 Å². The van der Waals surface area contributed by atoms with Crippen LogP contribution in [0.3, 0.4) is 0 Å². The van der Waals surface area contributed by atoms with E-state index in [2.05, 4.69) is 36.2 Å². The first-order chi connectivity index (χ1) is 26.1. The van der Waals surface area contributed by atoms with Gasteiger partial charge in [0.25, 0.3) is 0 Å². The second-order valence-electron chi connectivity index (χ2n) is 12.4. The molecular formula is C30H56N16O10. The number of hydrogen-bond donors (Lipinski definition) is 15. The average molecular weight is 801 g/mol. The molecule has 316 valence electrons. The number of carboxylic acids is 2. The van der Waals surface area contributed by atoms with E-state index in [0.29, 0.717) is 6.42 Å². The van der Waals surface area contributed by atoms with Crippen LogP contribution >= 0.6 is 0 Å². The molecule has 0 unspecified atom stereocenters. The van der Waals surface area contributed by atoms with E-state index in [1.807, 2.05) is 5.32 Å². The SMILES string of the molecule is C[C@H](NC(=O)[C@H](CCCN=C(N)N)NC(=O)[C@@H](N)CCCN=C(N)N)C(=O)N[C@@H](CCCN=C(N)N)C(=O)N[C@@H](CCC(N)=O)C(=O)N[C@@H](CC(=O)O)C(=O)O. The second kappa shape index (κ2) is 26.3. The Morgan fingerprint density at radius 1 is 0.518 bits per heavy atom. The highest BCUT2D eigenvalue weighted by molar-refractivity contribution is 5.96. The smallest absolute Gasteiger partial charge is 0.326 e. The zero-order valence-electron chi connectivity index (χ0n) is 31.1. The van der Waals surface area contributed by atoms with Crippen LogP contribution in [-0.2, 0) is 38.4 Å². The molecule has 0 aliphatic carbocycles. The zero-order valence-corrected chi connectivity index (χ0v) is 31.1. The highest BCUT2D eigenvalue weighted by atomic mass is 16.4. The summed E-state index contributed by atoms with van der Waals surface area (Å²) in [5.74, 6) is -9.20. The van der Waals surface area contributed by atoms with Crippen molar-refractivity contribution in [3.05, 3.63) is 0 Å². The predicted molar refractivity (Wildman–Crippen MR) is 201 cm³/mol. The molecule has 0 saturated heterocycles. The molecule has 0 rings (SSSR count). The van der Waals surface area contributed by atoms with Gasteiger partial charge in [0.15, 0.2) is 17.9 Å². The highest BCUT2D eigenvalue weighted by Crippen LogP contribution is 2.07. The van der Waals surface area contributed by atoms with Gasteiger partial charge in [-0.1, -0.05) is 0 Å². The van der Waals surface area contributed by atoms with Crippen molar-refractivity contribution in [3.8, 4) is 0 Å². The van der Waals surface area contributed by atoms with Crippen LogP contribution in [0.25, 0.3) is 0 Å². The summed E-state index contributed by atoms with van der Waals surface area (Å²) in [6.07, 6.45) is -1.15. The number of aliphatic imine (C=N–C) groups is 3. The fourth-order valence-electron chi connectivity index (χ4n) is 4.62. The number of rotatable bonds is 28. The molecule has 0 aliphatic rings. The molecule has 0 radical (unpaired) electrons. The topological polar surface area (TPSA) is 482 Å². The molecule has 0 aliphatic heterocycles. The number of nitrogens with zero attached hydrogens (tertiary/aromatic N) is 3. The number of nitrogens with two attached hydrogens (primary N) is 8. The number of carbonyl (C=O) groups is 8. The third kappa shape index (κ3) is 22.6. The molecule has 26 nitrogen and oxygen atoms in total. The summed E-state index contributed by atoms with van der Waals surface area (Å²) in [6, 6.07) is -8.52. The number of nitrogens with one attached hydrogen (secondary N) is 5. The van der Waals surface area contributed by atoms with Gasteiger partial charge < -0.3 is 82.7 Å². The average Bonchev–Trinajstić information content (AvgIpc) is 3.09. The highest BCUT2D eigenvalue weighted by Gasteiger charge is 2.32. The lowest BCUT2D eigenvalue weighted by Crippen LogP contribution is -2.58. The lowest BCUT2D eigenvalue weighted by molar-refractivity contribution is -0.147. The first-order valence-corrected chi connectivity index (χ1v) is 17.3. The number of hydrogen-bond acceptors (Lipinski definition) is 12. The van der Waals surface area contributed by atoms with Gasteiger partial charge in [-0.15, -0.1) is 0 Å². The quantitative estimate of drug-likeness (QED) is 0.0198. The normalized spacial score (nSPS) is 13.8. The van der Waals surface area contributed by atoms with Gasteiger partial charge in [-0.3, -0.25) is 48.5 Å². The molecule has 26 heteroatoms. The van der Waals surface area contributed by atoms with Crippen LogP contribution in [0.4, 0.5) is 0 Å². The summed E-state index contributed by atoms with van der Waals surface area (Å²) in [5.41, 5.74) is 43.2. The van der Waals surface area contributed by atoms with Gasteiger partial charge in [-0.25, -0.2) is 4.79 Å². The Kier molecular flexibility index (Phi) is 23.3. The maximum atomic E-state index is 13.5. The second-order valence-corrected chi connectivity index (χ2v) is 12.4. The molecule has 6 amide bonds. The summed E-state index contributed by atoms with van der Waals surface area (Å²) >= 11 is 0. The molecule has 0 aromatic carbocycles. The molecular weight excluding hydrogens is 744 g/mol. The standard InChI is InChI=1S/C30H56N16O10/c1-14(42-24(52)16(6-3-11-40-29(35)36)44-23(51)15(31)5-2-10-39-28(33)34)22(50)43-17(7-4-12-41-30(37)38)25(53)45-18(8-9-20(32)47)26(54)46-19(27(55)56)13-21(48)49/h14-19H,2-13,31H2,1H3,(H2,32,47)(H,42,52)(H,43,50)(H,44,51)(H,45,53)(H,46,54)(H,48,49)(H,55,56)(H4,33,34,39)(H4,35,36,40)(H4,37,38,41)/t14-,15-,16-,17-,18-,19-/m0/s1. The maximum Gasteiger partial charge on any atom is 0.326 e. The van der Waals surface area contributed by atoms with Gasteiger partial charge >= 0.3 is 11.9 Å². The van der Waals surface area contributed by atoms with Crippen LogP contribution < -0.4 is 72.5 Å². The van der Waals surface area contributed by atoms with Gasteiger partial charge in [0.1, 0.15) is 30.2 Å². The van der Waals surface area contributed by atoms with Crippen LogP contribution in [-0.4, -0.2) is 131 Å². The fourth-order valence-corrected chi connectivity index (χ4v) is 4.62. The minimum atomic E-state index is -1.89. The fraction of sp³-hybridized carbons (Fsp3) is 0.633. The molecule has 0 bridgehead atoms. The molecule has 0 heterocycles. The van der Waals surface area contributed by atoms with Gasteiger partial charge in [-0.05, 0) is 51.9 Å². The van der Waals surface area contributed by atoms with E-state index < -0.39 is 103 Å². The number of aliphatic carboxylic acids is 2. The summed E-state index contributed by atoms with van der Waals surface area (Å²) in [5, 5.41) is 30.1. The van der Waals surface area contributed by atoms with Crippen molar-refractivity contribution in [2.24, 2.45) is 60.8 Å². The number of amides is 6. The van der Waals surface area contributed by atoms with Crippen molar-refractivity contribution in [2.75, 3.05) is 19.6 Å². The Balaban J connectivity index is 6.10. The van der Waals surface area contributed by atoms with Crippen molar-refractivity contribution in [2.45, 2.75) is 101 Å². The van der Waals surface area contributed by atoms with Gasteiger partial charge in [0, 0.05) is 26.1 Å². The molecule has 0 fully saturated rings. The largest absolute Gasteiger partial charge is 0.481 e. The van der Waals surface area contributed by atoms with Crippen LogP contribution in [0.15, 0.2) is 15.0 Å². The Morgan fingerprint density at radius 3 is 1.30 bits per heavy atom. The van der Waals surface area contributed by atoms with E-state index in [1.54, 1.807) is 0 Å². The summed E-state index contributed by atoms with van der Waals surface area (Å²) in [6.45, 7) is 1.61. The Labute approximate surface area is 321 Å². The third-order valence-corrected chi connectivity index (χ3v) is 7.52. The van der Waals surface area contributed by atoms with Crippen molar-refractivity contribution in [1.82, 2.24) is 26.6 Å². The van der Waals surface area contributed by atoms with E-state index in [1.165, 1.54) is 6.92 Å². The lowest BCUT2D eigenvalue weighted by atomic mass is 10.1. The summed E-state index contributed by atoms with van der Waals surface area (Å²) < 4.78 is 0. The van der Waals surface area contributed by atoms with Crippen molar-refractivity contribution >= 4 is 65.3 Å². The monoisotopic (exact) mass is 800 g/mol. The molecule has 0 aromatic heterocycles. The van der Waals surface area contributed by atoms with Crippen molar-refractivity contribution in [3.63, 3.8) is 0 Å². The number of guanidine groups is 3. The van der Waals surface area contributed by atoms with E-state index in [-0.39, 0.29) is 69.6 Å². The van der Waals surface area contributed by atoms with Crippen LogP contribution in [0.1, 0.15) is 64.7 Å². The Bertz CT molecular complexity index is 1460. The predicted octanol–water partition coefficient (Wildman–Crippen LogP) is -7.26. The first-order valence-electron chi connectivity index (χ1n) is 17.3. The number of primary amides is 1. The molecule has 23 N–H and O–H groups in total. The van der Waals surface area contributed by atoms with E-state index in [9.17, 15) is 43.5 Å². The molecule has 0 aromatic rings. The Hall–Kier alpha value is -6.47. The van der Waals surface area contributed by atoms with Crippen LogP contribution in [0.2, 0.25) is 0 Å². The maximum absolute atomic E-state index is 13.5. The molecule has 0 spiro atoms. The van der Waals surface area contributed by atoms with Crippen molar-refractivity contribution in [1.29, 1.82) is 0 Å². The Morgan fingerprint density at radius 2 is 0.893 bits per heavy atom. The van der Waals surface area contributed by atoms with Crippen LogP contribution in [0.5, 0.6) is 0 Å². The van der Waals surface area contributed by atoms with E-state index in [4.69, 9.17) is 51.0 Å². The third-order valence-electron chi connectivity index (χ3n) is 7.52. The minimum absolute atomic E-state index is 0.00694. The van der Waals surface area contributed by atoms with E-state index >= 15 is 0 Å². The first kappa shape index (κ1) is 49.5. The zero-order chi connectivity index (χ0) is 43.0. The van der Waals surface area contributed by atoms with Gasteiger partial charge in [0.05, 0.1) is 12.5 Å². The number of carboxylic acid groups (broad SMARTS) is 2. The van der Waals surface area contributed by atoms with Crippen molar-refractivity contribution < 1.29 is 48.6 Å². The van der Waals surface area contributed by atoms with Gasteiger partial charge in [-0.2, -0.15) is 0 Å². The van der Waals surface area contributed by atoms with Gasteiger partial charge in [0.2, 0.25) is 35.4 Å². The number of carbonyl (C=O) groups excluding carboxylic acids is 6. The summed E-state index contributed by atoms with van der Waals surface area (Å²) in [4.78, 5) is 112. The minimum Gasteiger partial charge on any atom is -0.481 e. The molecule has 56 heavy (non-hydrogen) atoms. The van der Waals surface area contributed by atoms with Crippen LogP contribution in [0, 0.1) is 0 Å². The molecule has 0 saturated carbocycles. The lowest BCUT2D eigenvalue weighted by Gasteiger charge is -2.26. The molecule has 6 atom stereocenters. The summed E-state index contributed by atoms with van der Waals surface area (Å²) in [7, 11) is 0.